The van der Waals surface area contributed by atoms with Crippen LogP contribution in [0.5, 0.6) is 0 Å². The second-order valence-corrected chi connectivity index (χ2v) is 7.59. The monoisotopic (exact) mass is 321 g/mol. The summed E-state index contributed by atoms with van der Waals surface area (Å²) in [6, 6.07) is 2.74. The third kappa shape index (κ3) is 4.06. The van der Waals surface area contributed by atoms with E-state index in [4.69, 9.17) is 23.2 Å². The van der Waals surface area contributed by atoms with Gasteiger partial charge in [0.1, 0.15) is 0 Å². The first-order valence-corrected chi connectivity index (χ1v) is 8.11. The zero-order valence-electron chi connectivity index (χ0n) is 11.6. The fourth-order valence-electron chi connectivity index (χ4n) is 2.39. The van der Waals surface area contributed by atoms with Gasteiger partial charge >= 0.3 is 0 Å². The number of hydrogen-bond donors (Lipinski definition) is 1. The lowest BCUT2D eigenvalue weighted by atomic mass is 10.1. The number of piperazine rings is 1. The highest BCUT2D eigenvalue weighted by atomic mass is 35.5. The standard InChI is InChI=1S/C13H21Cl2N3S/c1-9(11-6-12(14)19-13(11)15)16-7-10-8-17(2)4-5-18(10)3/h6,9-10,16H,4-5,7-8H2,1-3H3. The Morgan fingerprint density at radius 1 is 1.42 bits per heavy atom. The molecular formula is C13H21Cl2N3S. The number of likely N-dealkylation sites (N-methyl/N-ethyl adjacent to an activating group) is 2. The molecule has 0 saturated carbocycles. The fraction of sp³-hybridized carbons (Fsp3) is 0.692. The Labute approximate surface area is 129 Å². The third-order valence-corrected chi connectivity index (χ3v) is 5.31. The zero-order valence-corrected chi connectivity index (χ0v) is 13.9. The maximum Gasteiger partial charge on any atom is 0.0991 e. The van der Waals surface area contributed by atoms with Gasteiger partial charge in [0.15, 0.2) is 0 Å². The highest BCUT2D eigenvalue weighted by Gasteiger charge is 2.23. The lowest BCUT2D eigenvalue weighted by Gasteiger charge is -2.38. The molecule has 2 unspecified atom stereocenters. The summed E-state index contributed by atoms with van der Waals surface area (Å²) >= 11 is 13.6. The van der Waals surface area contributed by atoms with Crippen molar-refractivity contribution in [1.29, 1.82) is 0 Å². The number of halogens is 2. The lowest BCUT2D eigenvalue weighted by Crippen LogP contribution is -2.53. The van der Waals surface area contributed by atoms with Gasteiger partial charge in [0.05, 0.1) is 8.67 Å². The Morgan fingerprint density at radius 2 is 2.16 bits per heavy atom. The predicted molar refractivity (Wildman–Crippen MR) is 84.7 cm³/mol. The van der Waals surface area contributed by atoms with Crippen molar-refractivity contribution in [2.24, 2.45) is 0 Å². The molecule has 0 amide bonds. The van der Waals surface area contributed by atoms with Gasteiger partial charge in [-0.25, -0.2) is 0 Å². The SMILES string of the molecule is CC(NCC1CN(C)CCN1C)c1cc(Cl)sc1Cl. The average Bonchev–Trinajstić information content (AvgIpc) is 2.69. The van der Waals surface area contributed by atoms with E-state index in [-0.39, 0.29) is 6.04 Å². The summed E-state index contributed by atoms with van der Waals surface area (Å²) in [5.74, 6) is 0. The van der Waals surface area contributed by atoms with Crippen molar-refractivity contribution in [3.8, 4) is 0 Å². The van der Waals surface area contributed by atoms with Gasteiger partial charge in [-0.3, -0.25) is 4.90 Å². The first kappa shape index (κ1) is 15.5. The van der Waals surface area contributed by atoms with Crippen molar-refractivity contribution >= 4 is 34.5 Å². The van der Waals surface area contributed by atoms with Gasteiger partial charge < -0.3 is 10.2 Å². The van der Waals surface area contributed by atoms with Crippen molar-refractivity contribution in [1.82, 2.24) is 15.1 Å². The summed E-state index contributed by atoms with van der Waals surface area (Å²) in [4.78, 5) is 4.80. The maximum absolute atomic E-state index is 6.19. The van der Waals surface area contributed by atoms with E-state index in [1.807, 2.05) is 6.07 Å². The molecule has 1 aliphatic rings. The van der Waals surface area contributed by atoms with Gasteiger partial charge in [-0.1, -0.05) is 23.2 Å². The van der Waals surface area contributed by atoms with E-state index in [0.29, 0.717) is 6.04 Å². The molecule has 1 saturated heterocycles. The van der Waals surface area contributed by atoms with E-state index in [2.05, 4.69) is 36.1 Å². The largest absolute Gasteiger partial charge is 0.309 e. The van der Waals surface area contributed by atoms with Crippen LogP contribution in [0.3, 0.4) is 0 Å². The first-order valence-electron chi connectivity index (χ1n) is 6.54. The zero-order chi connectivity index (χ0) is 14.0. The molecule has 2 rings (SSSR count). The second-order valence-electron chi connectivity index (χ2n) is 5.31. The number of nitrogens with one attached hydrogen (secondary N) is 1. The van der Waals surface area contributed by atoms with E-state index >= 15 is 0 Å². The van der Waals surface area contributed by atoms with Crippen LogP contribution >= 0.6 is 34.5 Å². The minimum atomic E-state index is 0.233. The lowest BCUT2D eigenvalue weighted by molar-refractivity contribution is 0.112. The molecule has 1 aromatic heterocycles. The molecule has 0 spiro atoms. The Morgan fingerprint density at radius 3 is 2.79 bits per heavy atom. The topological polar surface area (TPSA) is 18.5 Å². The predicted octanol–water partition coefficient (Wildman–Crippen LogP) is 2.95. The maximum atomic E-state index is 6.19. The molecule has 2 heterocycles. The van der Waals surface area contributed by atoms with Gasteiger partial charge in [0.2, 0.25) is 0 Å². The molecule has 0 radical (unpaired) electrons. The van der Waals surface area contributed by atoms with Crippen LogP contribution in [-0.2, 0) is 0 Å². The first-order chi connectivity index (χ1) is 8.97. The Bertz CT molecular complexity index is 424. The molecule has 1 aliphatic heterocycles. The Balaban J connectivity index is 1.89. The van der Waals surface area contributed by atoms with Crippen LogP contribution < -0.4 is 5.32 Å². The number of thiophene rings is 1. The van der Waals surface area contributed by atoms with Crippen LogP contribution in [0.4, 0.5) is 0 Å². The number of rotatable bonds is 4. The minimum absolute atomic E-state index is 0.233. The molecule has 108 valence electrons. The fourth-order valence-corrected chi connectivity index (χ4v) is 4.04. The van der Waals surface area contributed by atoms with Crippen molar-refractivity contribution in [3.63, 3.8) is 0 Å². The number of hydrogen-bond acceptors (Lipinski definition) is 4. The average molecular weight is 322 g/mol. The molecule has 19 heavy (non-hydrogen) atoms. The summed E-state index contributed by atoms with van der Waals surface area (Å²) in [5.41, 5.74) is 1.10. The highest BCUT2D eigenvalue weighted by Crippen LogP contribution is 2.34. The van der Waals surface area contributed by atoms with E-state index in [9.17, 15) is 0 Å². The highest BCUT2D eigenvalue weighted by molar-refractivity contribution is 7.20. The van der Waals surface area contributed by atoms with Crippen LogP contribution in [0.1, 0.15) is 18.5 Å². The Kier molecular flexibility index (Phi) is 5.52. The van der Waals surface area contributed by atoms with Gasteiger partial charge in [0.25, 0.3) is 0 Å². The molecule has 2 atom stereocenters. The molecule has 1 aromatic rings. The van der Waals surface area contributed by atoms with Crippen LogP contribution in [0.25, 0.3) is 0 Å². The molecule has 0 aromatic carbocycles. The van der Waals surface area contributed by atoms with Crippen molar-refractivity contribution in [2.45, 2.75) is 19.0 Å². The molecule has 0 aliphatic carbocycles. The van der Waals surface area contributed by atoms with Gasteiger partial charge in [-0.15, -0.1) is 11.3 Å². The van der Waals surface area contributed by atoms with Crippen LogP contribution in [0, 0.1) is 0 Å². The number of nitrogens with zero attached hydrogens (tertiary/aromatic N) is 2. The van der Waals surface area contributed by atoms with E-state index in [1.165, 1.54) is 11.3 Å². The summed E-state index contributed by atoms with van der Waals surface area (Å²) in [5, 5.41) is 3.57. The summed E-state index contributed by atoms with van der Waals surface area (Å²) in [6.07, 6.45) is 0. The minimum Gasteiger partial charge on any atom is -0.309 e. The van der Waals surface area contributed by atoms with Crippen LogP contribution in [0.2, 0.25) is 8.67 Å². The van der Waals surface area contributed by atoms with E-state index < -0.39 is 0 Å². The summed E-state index contributed by atoms with van der Waals surface area (Å²) in [6.45, 7) is 6.48. The summed E-state index contributed by atoms with van der Waals surface area (Å²) in [7, 11) is 4.37. The van der Waals surface area contributed by atoms with Gasteiger partial charge in [0, 0.05) is 38.3 Å². The summed E-state index contributed by atoms with van der Waals surface area (Å²) < 4.78 is 1.54. The van der Waals surface area contributed by atoms with Crippen molar-refractivity contribution in [3.05, 3.63) is 20.3 Å². The molecule has 1 N–H and O–H groups in total. The van der Waals surface area contributed by atoms with Crippen molar-refractivity contribution < 1.29 is 0 Å². The van der Waals surface area contributed by atoms with E-state index in [1.54, 1.807) is 0 Å². The van der Waals surface area contributed by atoms with Crippen LogP contribution in [0.15, 0.2) is 6.07 Å². The van der Waals surface area contributed by atoms with Gasteiger partial charge in [-0.05, 0) is 32.6 Å². The van der Waals surface area contributed by atoms with Crippen molar-refractivity contribution in [2.75, 3.05) is 40.3 Å². The molecular weight excluding hydrogens is 301 g/mol. The van der Waals surface area contributed by atoms with Crippen LogP contribution in [-0.4, -0.2) is 56.1 Å². The van der Waals surface area contributed by atoms with Gasteiger partial charge in [-0.2, -0.15) is 0 Å². The Hall–Kier alpha value is 0.160. The second kappa shape index (κ2) is 6.74. The molecule has 1 fully saturated rings. The molecule has 3 nitrogen and oxygen atoms in total. The quantitative estimate of drug-likeness (QED) is 0.919. The van der Waals surface area contributed by atoms with E-state index in [0.717, 1.165) is 40.4 Å². The molecule has 0 bridgehead atoms. The smallest absolute Gasteiger partial charge is 0.0991 e. The normalized spacial score (nSPS) is 23.7. The third-order valence-electron chi connectivity index (χ3n) is 3.79. The molecule has 6 heteroatoms.